The fraction of sp³-hybridized carbons (Fsp3) is 0.474. The minimum atomic E-state index is -4.38. The number of ether oxygens (including phenoxy) is 1. The number of hydrogen-bond donors (Lipinski definition) is 1. The lowest BCUT2D eigenvalue weighted by Gasteiger charge is -2.35. The van der Waals surface area contributed by atoms with E-state index in [4.69, 9.17) is 4.74 Å². The molecule has 0 radical (unpaired) electrons. The van der Waals surface area contributed by atoms with Crippen molar-refractivity contribution in [3.63, 3.8) is 0 Å². The summed E-state index contributed by atoms with van der Waals surface area (Å²) in [7, 11) is 0. The highest BCUT2D eigenvalue weighted by atomic mass is 32.1. The summed E-state index contributed by atoms with van der Waals surface area (Å²) in [6.45, 7) is 4.21. The number of benzene rings is 1. The first-order valence-corrected chi connectivity index (χ1v) is 10.5. The van der Waals surface area contributed by atoms with Crippen molar-refractivity contribution in [1.82, 2.24) is 15.1 Å². The van der Waals surface area contributed by atoms with Crippen molar-refractivity contribution in [2.75, 3.05) is 49.5 Å². The van der Waals surface area contributed by atoms with E-state index in [1.54, 1.807) is 13.0 Å². The molecule has 1 aliphatic heterocycles. The van der Waals surface area contributed by atoms with Gasteiger partial charge in [-0.3, -0.25) is 19.8 Å². The number of hydrogen-bond acceptors (Lipinski definition) is 8. The predicted molar refractivity (Wildman–Crippen MR) is 109 cm³/mol. The van der Waals surface area contributed by atoms with E-state index >= 15 is 0 Å². The molecule has 1 N–H and O–H groups in total. The van der Waals surface area contributed by atoms with E-state index in [1.165, 1.54) is 6.07 Å². The number of piperazine rings is 1. The summed E-state index contributed by atoms with van der Waals surface area (Å²) in [5.41, 5.74) is -0.159. The smallest absolute Gasteiger partial charge is 0.416 e. The number of alkyl halides is 3. The fourth-order valence-corrected chi connectivity index (χ4v) is 3.86. The number of amides is 1. The van der Waals surface area contributed by atoms with Gasteiger partial charge in [-0.25, -0.2) is 0 Å². The van der Waals surface area contributed by atoms with Gasteiger partial charge in [-0.1, -0.05) is 17.4 Å². The van der Waals surface area contributed by atoms with E-state index in [2.05, 4.69) is 15.5 Å². The summed E-state index contributed by atoms with van der Waals surface area (Å²) >= 11 is 1.10. The molecule has 0 aliphatic carbocycles. The number of rotatable bonds is 7. The first-order chi connectivity index (χ1) is 14.7. The number of halogens is 3. The highest BCUT2D eigenvalue weighted by Gasteiger charge is 2.31. The molecule has 1 amide bonds. The largest absolute Gasteiger partial charge is 0.466 e. The van der Waals surface area contributed by atoms with Gasteiger partial charge in [0.25, 0.3) is 0 Å². The second kappa shape index (κ2) is 10.1. The molecule has 0 spiro atoms. The Morgan fingerprint density at radius 3 is 2.61 bits per heavy atom. The van der Waals surface area contributed by atoms with Crippen molar-refractivity contribution >= 4 is 34.0 Å². The molecule has 1 fully saturated rings. The van der Waals surface area contributed by atoms with Crippen molar-refractivity contribution in [3.8, 4) is 0 Å². The van der Waals surface area contributed by atoms with Gasteiger partial charge in [-0.2, -0.15) is 13.2 Å². The van der Waals surface area contributed by atoms with Crippen molar-refractivity contribution in [2.45, 2.75) is 19.5 Å². The highest BCUT2D eigenvalue weighted by Crippen LogP contribution is 2.31. The van der Waals surface area contributed by atoms with Gasteiger partial charge in [0, 0.05) is 31.9 Å². The third-order valence-electron chi connectivity index (χ3n) is 4.59. The van der Waals surface area contributed by atoms with Crippen molar-refractivity contribution in [1.29, 1.82) is 0 Å². The molecule has 3 rings (SSSR count). The number of carbonyl (C=O) groups is 2. The maximum Gasteiger partial charge on any atom is 0.416 e. The van der Waals surface area contributed by atoms with E-state index in [0.29, 0.717) is 42.0 Å². The summed E-state index contributed by atoms with van der Waals surface area (Å²) in [6, 6.07) is 5.25. The Hall–Kier alpha value is -2.73. The molecular weight excluding hydrogens is 435 g/mol. The van der Waals surface area contributed by atoms with Crippen LogP contribution in [-0.2, 0) is 26.9 Å². The van der Waals surface area contributed by atoms with Crippen LogP contribution in [0.1, 0.15) is 17.5 Å². The third-order valence-corrected chi connectivity index (χ3v) is 5.43. The second-order valence-corrected chi connectivity index (χ2v) is 7.90. The molecule has 1 aliphatic rings. The molecule has 0 atom stereocenters. The minimum Gasteiger partial charge on any atom is -0.466 e. The molecule has 1 aromatic carbocycles. The average molecular weight is 457 g/mol. The monoisotopic (exact) mass is 457 g/mol. The van der Waals surface area contributed by atoms with Gasteiger partial charge in [-0.15, -0.1) is 10.2 Å². The van der Waals surface area contributed by atoms with Crippen molar-refractivity contribution in [3.05, 3.63) is 34.8 Å². The molecule has 2 aromatic rings. The standard InChI is InChI=1S/C19H22F3N5O3S/c1-2-30-17(29)11-16-24-25-18(31-16)23-15(28)12-26-6-8-27(9-7-26)14-5-3-4-13(10-14)19(20,21)22/h3-5,10H,2,6-9,11-12H2,1H3,(H,23,25,28). The van der Waals surface area contributed by atoms with E-state index in [0.717, 1.165) is 23.5 Å². The van der Waals surface area contributed by atoms with Crippen molar-refractivity contribution < 1.29 is 27.5 Å². The Bertz CT molecular complexity index is 913. The molecule has 168 valence electrons. The Balaban J connectivity index is 1.46. The normalized spacial score (nSPS) is 15.0. The molecule has 1 aromatic heterocycles. The van der Waals surface area contributed by atoms with Crippen LogP contribution in [-0.4, -0.2) is 66.3 Å². The fourth-order valence-electron chi connectivity index (χ4n) is 3.12. The number of aromatic nitrogens is 2. The SMILES string of the molecule is CCOC(=O)Cc1nnc(NC(=O)CN2CCN(c3cccc(C(F)(F)F)c3)CC2)s1. The van der Waals surface area contributed by atoms with Gasteiger partial charge < -0.3 is 9.64 Å². The quantitative estimate of drug-likeness (QED) is 0.639. The Kier molecular flexibility index (Phi) is 7.44. The van der Waals surface area contributed by atoms with Crippen LogP contribution in [0.3, 0.4) is 0 Å². The first kappa shape index (κ1) is 22.9. The second-order valence-electron chi connectivity index (χ2n) is 6.84. The predicted octanol–water partition coefficient (Wildman–Crippen LogP) is 2.42. The van der Waals surface area contributed by atoms with Gasteiger partial charge >= 0.3 is 12.1 Å². The number of nitrogens with zero attached hydrogens (tertiary/aromatic N) is 4. The van der Waals surface area contributed by atoms with Gasteiger partial charge in [0.1, 0.15) is 5.01 Å². The number of nitrogens with one attached hydrogen (secondary N) is 1. The molecule has 1 saturated heterocycles. The van der Waals surface area contributed by atoms with Crippen LogP contribution in [0.5, 0.6) is 0 Å². The van der Waals surface area contributed by atoms with Crippen molar-refractivity contribution in [2.24, 2.45) is 0 Å². The van der Waals surface area contributed by atoms with E-state index in [-0.39, 0.29) is 25.5 Å². The first-order valence-electron chi connectivity index (χ1n) is 9.67. The van der Waals surface area contributed by atoms with Crippen LogP contribution in [0.4, 0.5) is 24.0 Å². The molecule has 31 heavy (non-hydrogen) atoms. The minimum absolute atomic E-state index is 0.00112. The average Bonchev–Trinajstić information content (AvgIpc) is 3.14. The lowest BCUT2D eigenvalue weighted by molar-refractivity contribution is -0.142. The number of esters is 1. The van der Waals surface area contributed by atoms with E-state index in [9.17, 15) is 22.8 Å². The summed E-state index contributed by atoms with van der Waals surface area (Å²) in [5.74, 6) is -0.679. The molecule has 0 bridgehead atoms. The molecule has 8 nitrogen and oxygen atoms in total. The van der Waals surface area contributed by atoms with E-state index < -0.39 is 17.7 Å². The van der Waals surface area contributed by atoms with Gasteiger partial charge in [-0.05, 0) is 25.1 Å². The lowest BCUT2D eigenvalue weighted by Crippen LogP contribution is -2.48. The summed E-state index contributed by atoms with van der Waals surface area (Å²) in [5, 5.41) is 11.1. The zero-order valence-corrected chi connectivity index (χ0v) is 17.6. The zero-order chi connectivity index (χ0) is 22.4. The maximum atomic E-state index is 12.9. The molecular formula is C19H22F3N5O3S. The topological polar surface area (TPSA) is 87.7 Å². The van der Waals surface area contributed by atoms with Gasteiger partial charge in [0.2, 0.25) is 11.0 Å². The lowest BCUT2D eigenvalue weighted by atomic mass is 10.1. The van der Waals surface area contributed by atoms with Crippen LogP contribution in [0.2, 0.25) is 0 Å². The zero-order valence-electron chi connectivity index (χ0n) is 16.8. The number of carbonyl (C=O) groups excluding carboxylic acids is 2. The van der Waals surface area contributed by atoms with Crippen LogP contribution >= 0.6 is 11.3 Å². The van der Waals surface area contributed by atoms with Gasteiger partial charge in [0.15, 0.2) is 0 Å². The van der Waals surface area contributed by atoms with Crippen LogP contribution in [0, 0.1) is 0 Å². The Labute approximate surface area is 181 Å². The van der Waals surface area contributed by atoms with Crippen LogP contribution in [0.15, 0.2) is 24.3 Å². The summed E-state index contributed by atoms with van der Waals surface area (Å²) in [4.78, 5) is 27.5. The summed E-state index contributed by atoms with van der Waals surface area (Å²) in [6.07, 6.45) is -4.38. The maximum absolute atomic E-state index is 12.9. The summed E-state index contributed by atoms with van der Waals surface area (Å²) < 4.78 is 43.6. The molecule has 2 heterocycles. The molecule has 12 heteroatoms. The Morgan fingerprint density at radius 1 is 1.19 bits per heavy atom. The third kappa shape index (κ3) is 6.62. The number of anilines is 2. The van der Waals surface area contributed by atoms with E-state index in [1.807, 2.05) is 9.80 Å². The van der Waals surface area contributed by atoms with Crippen LogP contribution < -0.4 is 10.2 Å². The van der Waals surface area contributed by atoms with Crippen LogP contribution in [0.25, 0.3) is 0 Å². The highest BCUT2D eigenvalue weighted by molar-refractivity contribution is 7.15. The molecule has 0 saturated carbocycles. The molecule has 0 unspecified atom stereocenters. The van der Waals surface area contributed by atoms with Gasteiger partial charge in [0.05, 0.1) is 25.1 Å². The Morgan fingerprint density at radius 2 is 1.94 bits per heavy atom.